The van der Waals surface area contributed by atoms with Crippen LogP contribution in [0.1, 0.15) is 0 Å². The van der Waals surface area contributed by atoms with E-state index in [1.807, 2.05) is 23.9 Å². The van der Waals surface area contributed by atoms with Gasteiger partial charge < -0.3 is 10.3 Å². The van der Waals surface area contributed by atoms with Crippen molar-refractivity contribution >= 4 is 28.6 Å². The molecule has 2 N–H and O–H groups in total. The number of rotatable bonds is 0. The predicted molar refractivity (Wildman–Crippen MR) is 47.9 cm³/mol. The van der Waals surface area contributed by atoms with E-state index in [9.17, 15) is 0 Å². The van der Waals surface area contributed by atoms with E-state index in [1.54, 1.807) is 0 Å². The zero-order valence-corrected chi connectivity index (χ0v) is 7.21. The molecule has 0 aromatic carbocycles. The minimum atomic E-state index is 0.203. The molecule has 0 saturated carbocycles. The number of nitrogen functional groups attached to an aromatic ring is 1. The van der Waals surface area contributed by atoms with Crippen molar-refractivity contribution < 1.29 is 0 Å². The summed E-state index contributed by atoms with van der Waals surface area (Å²) in [6, 6.07) is 1.86. The van der Waals surface area contributed by atoms with Gasteiger partial charge in [-0.05, 0) is 6.07 Å². The molecule has 0 unspecified atom stereocenters. The van der Waals surface area contributed by atoms with Crippen LogP contribution >= 0.6 is 11.6 Å². The van der Waals surface area contributed by atoms with E-state index in [0.717, 1.165) is 11.0 Å². The summed E-state index contributed by atoms with van der Waals surface area (Å²) < 4.78 is 1.85. The van der Waals surface area contributed by atoms with Gasteiger partial charge in [0, 0.05) is 13.2 Å². The van der Waals surface area contributed by atoms with Gasteiger partial charge in [-0.1, -0.05) is 11.6 Å². The fourth-order valence-electron chi connectivity index (χ4n) is 1.12. The molecule has 12 heavy (non-hydrogen) atoms. The first-order chi connectivity index (χ1) is 5.68. The largest absolute Gasteiger partial charge is 0.368 e. The number of anilines is 1. The Morgan fingerprint density at radius 3 is 3.00 bits per heavy atom. The van der Waals surface area contributed by atoms with Gasteiger partial charge in [0.25, 0.3) is 0 Å². The Morgan fingerprint density at radius 2 is 2.25 bits per heavy atom. The molecule has 2 heterocycles. The zero-order chi connectivity index (χ0) is 8.72. The molecule has 0 fully saturated rings. The fraction of sp³-hybridized carbons (Fsp3) is 0.143. The summed E-state index contributed by atoms with van der Waals surface area (Å²) in [7, 11) is 1.88. The molecule has 4 nitrogen and oxygen atoms in total. The molecule has 0 atom stereocenters. The molecule has 0 amide bonds. The van der Waals surface area contributed by atoms with Crippen LogP contribution in [0.5, 0.6) is 0 Å². The number of aromatic nitrogens is 3. The molecule has 62 valence electrons. The number of fused-ring (bicyclic) bond motifs is 1. The molecule has 0 aliphatic rings. The maximum Gasteiger partial charge on any atom is 0.223 e. The van der Waals surface area contributed by atoms with Crippen molar-refractivity contribution in [3.63, 3.8) is 0 Å². The van der Waals surface area contributed by atoms with Gasteiger partial charge in [0.05, 0.1) is 5.39 Å². The van der Waals surface area contributed by atoms with Crippen LogP contribution in [0.4, 0.5) is 5.95 Å². The van der Waals surface area contributed by atoms with Crippen molar-refractivity contribution in [3.8, 4) is 0 Å². The van der Waals surface area contributed by atoms with E-state index in [-0.39, 0.29) is 5.95 Å². The van der Waals surface area contributed by atoms with Gasteiger partial charge in [-0.25, -0.2) is 4.98 Å². The van der Waals surface area contributed by atoms with E-state index < -0.39 is 0 Å². The molecule has 0 aliphatic heterocycles. The first-order valence-electron chi connectivity index (χ1n) is 3.42. The number of nitrogens with two attached hydrogens (primary N) is 1. The number of hydrogen-bond donors (Lipinski definition) is 1. The minimum absolute atomic E-state index is 0.203. The third-order valence-electron chi connectivity index (χ3n) is 1.70. The lowest BCUT2D eigenvalue weighted by atomic mass is 10.4. The summed E-state index contributed by atoms with van der Waals surface area (Å²) in [5.41, 5.74) is 6.19. The first-order valence-corrected chi connectivity index (χ1v) is 3.80. The summed E-state index contributed by atoms with van der Waals surface area (Å²) >= 11 is 5.83. The third kappa shape index (κ3) is 0.921. The number of aryl methyl sites for hydroxylation is 1. The van der Waals surface area contributed by atoms with Crippen LogP contribution in [0.15, 0.2) is 12.3 Å². The maximum absolute atomic E-state index is 5.83. The SMILES string of the molecule is Cn1ccc2c(Cl)nc(N)nc21. The molecule has 2 aromatic heterocycles. The summed E-state index contributed by atoms with van der Waals surface area (Å²) in [6.07, 6.45) is 1.87. The second-order valence-electron chi connectivity index (χ2n) is 2.54. The minimum Gasteiger partial charge on any atom is -0.368 e. The summed E-state index contributed by atoms with van der Waals surface area (Å²) in [5, 5.41) is 1.23. The lowest BCUT2D eigenvalue weighted by Crippen LogP contribution is -1.97. The summed E-state index contributed by atoms with van der Waals surface area (Å²) in [5.74, 6) is 0.203. The van der Waals surface area contributed by atoms with Gasteiger partial charge in [-0.2, -0.15) is 4.98 Å². The Hall–Kier alpha value is -1.29. The first kappa shape index (κ1) is 7.36. The van der Waals surface area contributed by atoms with Crippen LogP contribution in [0.25, 0.3) is 11.0 Å². The number of halogens is 1. The van der Waals surface area contributed by atoms with E-state index in [4.69, 9.17) is 17.3 Å². The molecular weight excluding hydrogens is 176 g/mol. The number of hydrogen-bond acceptors (Lipinski definition) is 3. The average Bonchev–Trinajstić information content (AvgIpc) is 2.33. The van der Waals surface area contributed by atoms with Gasteiger partial charge >= 0.3 is 0 Å². The molecule has 0 radical (unpaired) electrons. The van der Waals surface area contributed by atoms with Crippen molar-refractivity contribution in [3.05, 3.63) is 17.4 Å². The van der Waals surface area contributed by atoms with Crippen molar-refractivity contribution in [1.29, 1.82) is 0 Å². The van der Waals surface area contributed by atoms with Crippen LogP contribution in [0.3, 0.4) is 0 Å². The molecule has 0 aliphatic carbocycles. The van der Waals surface area contributed by atoms with Crippen molar-refractivity contribution in [2.75, 3.05) is 5.73 Å². The van der Waals surface area contributed by atoms with Crippen LogP contribution in [-0.2, 0) is 7.05 Å². The van der Waals surface area contributed by atoms with E-state index >= 15 is 0 Å². The fourth-order valence-corrected chi connectivity index (χ4v) is 1.35. The van der Waals surface area contributed by atoms with Crippen LogP contribution < -0.4 is 5.73 Å². The third-order valence-corrected chi connectivity index (χ3v) is 1.98. The molecule has 2 aromatic rings. The smallest absolute Gasteiger partial charge is 0.223 e. The number of nitrogens with zero attached hydrogens (tertiary/aromatic N) is 3. The molecule has 2 rings (SSSR count). The lowest BCUT2D eigenvalue weighted by molar-refractivity contribution is 0.946. The highest BCUT2D eigenvalue weighted by molar-refractivity contribution is 6.34. The van der Waals surface area contributed by atoms with Crippen molar-refractivity contribution in [2.24, 2.45) is 7.05 Å². The standard InChI is InChI=1S/C7H7ClN4/c1-12-3-2-4-5(8)10-7(9)11-6(4)12/h2-3H,1H3,(H2,9,10,11). The molecule has 0 saturated heterocycles. The Bertz CT molecular complexity index is 434. The van der Waals surface area contributed by atoms with E-state index in [0.29, 0.717) is 5.15 Å². The molecule has 0 bridgehead atoms. The van der Waals surface area contributed by atoms with Crippen molar-refractivity contribution in [1.82, 2.24) is 14.5 Å². The Labute approximate surface area is 74.0 Å². The maximum atomic E-state index is 5.83. The highest BCUT2D eigenvalue weighted by Crippen LogP contribution is 2.20. The molecule has 5 heteroatoms. The van der Waals surface area contributed by atoms with E-state index in [1.165, 1.54) is 0 Å². The second kappa shape index (κ2) is 2.35. The van der Waals surface area contributed by atoms with Gasteiger partial charge in [0.2, 0.25) is 5.95 Å². The topological polar surface area (TPSA) is 56.7 Å². The Kier molecular flexibility index (Phi) is 1.44. The average molecular weight is 183 g/mol. The van der Waals surface area contributed by atoms with Crippen LogP contribution in [-0.4, -0.2) is 14.5 Å². The van der Waals surface area contributed by atoms with Gasteiger partial charge in [0.15, 0.2) is 0 Å². The molecular formula is C7H7ClN4. The summed E-state index contributed by atoms with van der Waals surface area (Å²) in [6.45, 7) is 0. The van der Waals surface area contributed by atoms with Gasteiger partial charge in [-0.15, -0.1) is 0 Å². The second-order valence-corrected chi connectivity index (χ2v) is 2.89. The predicted octanol–water partition coefficient (Wildman–Crippen LogP) is 1.20. The highest BCUT2D eigenvalue weighted by Gasteiger charge is 2.05. The highest BCUT2D eigenvalue weighted by atomic mass is 35.5. The van der Waals surface area contributed by atoms with Crippen LogP contribution in [0.2, 0.25) is 5.15 Å². The monoisotopic (exact) mass is 182 g/mol. The normalized spacial score (nSPS) is 10.8. The van der Waals surface area contributed by atoms with Gasteiger partial charge in [0.1, 0.15) is 10.8 Å². The molecule has 0 spiro atoms. The summed E-state index contributed by atoms with van der Waals surface area (Å²) in [4.78, 5) is 7.88. The lowest BCUT2D eigenvalue weighted by Gasteiger charge is -1.97. The zero-order valence-electron chi connectivity index (χ0n) is 6.45. The Balaban J connectivity index is 2.92. The van der Waals surface area contributed by atoms with Gasteiger partial charge in [-0.3, -0.25) is 0 Å². The van der Waals surface area contributed by atoms with E-state index in [2.05, 4.69) is 9.97 Å². The van der Waals surface area contributed by atoms with Crippen LogP contribution in [0, 0.1) is 0 Å². The quantitative estimate of drug-likeness (QED) is 0.623. The Morgan fingerprint density at radius 1 is 1.50 bits per heavy atom. The van der Waals surface area contributed by atoms with Crippen molar-refractivity contribution in [2.45, 2.75) is 0 Å².